The fourth-order valence-electron chi connectivity index (χ4n) is 1.84. The van der Waals surface area contributed by atoms with Crippen molar-refractivity contribution in [3.05, 3.63) is 46.6 Å². The average molecular weight is 259 g/mol. The van der Waals surface area contributed by atoms with E-state index in [2.05, 4.69) is 42.0 Å². The summed E-state index contributed by atoms with van der Waals surface area (Å²) < 4.78 is 0. The highest BCUT2D eigenvalue weighted by molar-refractivity contribution is 7.98. The summed E-state index contributed by atoms with van der Waals surface area (Å²) in [5.41, 5.74) is 10.6. The van der Waals surface area contributed by atoms with Crippen LogP contribution in [0, 0.1) is 20.8 Å². The van der Waals surface area contributed by atoms with Crippen LogP contribution in [0.15, 0.2) is 29.4 Å². The summed E-state index contributed by atoms with van der Waals surface area (Å²) in [6.45, 7) is 6.20. The molecule has 0 aliphatic heterocycles. The number of nitrogens with two attached hydrogens (primary N) is 1. The number of aryl methyl sites for hydroxylation is 3. The monoisotopic (exact) mass is 259 g/mol. The number of aromatic nitrogens is 2. The van der Waals surface area contributed by atoms with E-state index in [1.54, 1.807) is 17.8 Å². The van der Waals surface area contributed by atoms with Gasteiger partial charge in [0.05, 0.1) is 0 Å². The Balaban J connectivity index is 2.16. The highest BCUT2D eigenvalue weighted by Crippen LogP contribution is 2.24. The van der Waals surface area contributed by atoms with E-state index >= 15 is 0 Å². The van der Waals surface area contributed by atoms with Crippen molar-refractivity contribution in [2.45, 2.75) is 31.7 Å². The maximum Gasteiger partial charge on any atom is 0.190 e. The molecule has 4 heteroatoms. The molecule has 0 atom stereocenters. The van der Waals surface area contributed by atoms with Gasteiger partial charge in [-0.3, -0.25) is 0 Å². The van der Waals surface area contributed by atoms with Crippen LogP contribution in [-0.4, -0.2) is 9.97 Å². The quantitative estimate of drug-likeness (QED) is 0.679. The van der Waals surface area contributed by atoms with Gasteiger partial charge in [0.15, 0.2) is 5.16 Å². The first-order valence-electron chi connectivity index (χ1n) is 5.85. The summed E-state index contributed by atoms with van der Waals surface area (Å²) in [5.74, 6) is 1.41. The van der Waals surface area contributed by atoms with Crippen LogP contribution < -0.4 is 5.73 Å². The first kappa shape index (κ1) is 12.9. The fraction of sp³-hybridized carbons (Fsp3) is 0.286. The zero-order chi connectivity index (χ0) is 13.1. The minimum Gasteiger partial charge on any atom is -0.384 e. The molecule has 0 aliphatic carbocycles. The number of hydrogen-bond acceptors (Lipinski definition) is 4. The summed E-state index contributed by atoms with van der Waals surface area (Å²) in [6.07, 6.45) is 0. The molecule has 0 saturated carbocycles. The van der Waals surface area contributed by atoms with Gasteiger partial charge >= 0.3 is 0 Å². The van der Waals surface area contributed by atoms with Crippen LogP contribution in [0.5, 0.6) is 0 Å². The SMILES string of the molecule is Cc1cc(N)nc(SCc2c(C)cccc2C)n1. The van der Waals surface area contributed by atoms with Gasteiger partial charge in [-0.05, 0) is 37.5 Å². The van der Waals surface area contributed by atoms with Crippen molar-refractivity contribution < 1.29 is 0 Å². The first-order valence-corrected chi connectivity index (χ1v) is 6.84. The van der Waals surface area contributed by atoms with Gasteiger partial charge in [-0.2, -0.15) is 0 Å². The second-order valence-corrected chi connectivity index (χ2v) is 5.32. The van der Waals surface area contributed by atoms with Crippen molar-refractivity contribution >= 4 is 17.6 Å². The Bertz CT molecular complexity index is 526. The van der Waals surface area contributed by atoms with Crippen LogP contribution in [0.25, 0.3) is 0 Å². The van der Waals surface area contributed by atoms with Crippen LogP contribution in [-0.2, 0) is 5.75 Å². The maximum atomic E-state index is 5.72. The second kappa shape index (κ2) is 5.40. The maximum absolute atomic E-state index is 5.72. The molecule has 1 heterocycles. The third-order valence-electron chi connectivity index (χ3n) is 2.84. The predicted octanol–water partition coefficient (Wildman–Crippen LogP) is 3.28. The highest BCUT2D eigenvalue weighted by Gasteiger charge is 2.05. The van der Waals surface area contributed by atoms with E-state index in [0.29, 0.717) is 5.82 Å². The van der Waals surface area contributed by atoms with Gasteiger partial charge in [-0.15, -0.1) is 0 Å². The third kappa shape index (κ3) is 3.01. The minimum atomic E-state index is 0.534. The molecule has 0 fully saturated rings. The van der Waals surface area contributed by atoms with E-state index < -0.39 is 0 Å². The fourth-order valence-corrected chi connectivity index (χ4v) is 2.95. The molecule has 0 radical (unpaired) electrons. The largest absolute Gasteiger partial charge is 0.384 e. The summed E-state index contributed by atoms with van der Waals surface area (Å²) in [7, 11) is 0. The summed E-state index contributed by atoms with van der Waals surface area (Å²) in [5, 5.41) is 0.746. The van der Waals surface area contributed by atoms with Gasteiger partial charge in [0.2, 0.25) is 0 Å². The van der Waals surface area contributed by atoms with Crippen molar-refractivity contribution in [1.29, 1.82) is 0 Å². The summed E-state index contributed by atoms with van der Waals surface area (Å²) in [6, 6.07) is 8.13. The van der Waals surface area contributed by atoms with Gasteiger partial charge < -0.3 is 5.73 Å². The molecule has 2 rings (SSSR count). The molecule has 1 aromatic heterocycles. The Hall–Kier alpha value is -1.55. The van der Waals surface area contributed by atoms with Crippen LogP contribution in [0.2, 0.25) is 0 Å². The number of thioether (sulfide) groups is 1. The van der Waals surface area contributed by atoms with Gasteiger partial charge in [-0.25, -0.2) is 9.97 Å². The zero-order valence-electron chi connectivity index (χ0n) is 10.9. The number of benzene rings is 1. The molecule has 1 aromatic carbocycles. The van der Waals surface area contributed by atoms with Gasteiger partial charge in [0.1, 0.15) is 5.82 Å². The van der Waals surface area contributed by atoms with Crippen LogP contribution in [0.4, 0.5) is 5.82 Å². The minimum absolute atomic E-state index is 0.534. The van der Waals surface area contributed by atoms with Gasteiger partial charge in [0.25, 0.3) is 0 Å². The van der Waals surface area contributed by atoms with Crippen molar-refractivity contribution in [2.75, 3.05) is 5.73 Å². The molecule has 0 spiro atoms. The second-order valence-electron chi connectivity index (χ2n) is 4.38. The standard InChI is InChI=1S/C14H17N3S/c1-9-5-4-6-10(2)12(9)8-18-14-16-11(3)7-13(15)17-14/h4-7H,8H2,1-3H3,(H2,15,16,17). The van der Waals surface area contributed by atoms with E-state index in [1.807, 2.05) is 6.92 Å². The van der Waals surface area contributed by atoms with Gasteiger partial charge in [0, 0.05) is 17.5 Å². The molecule has 0 aliphatic rings. The van der Waals surface area contributed by atoms with E-state index in [1.165, 1.54) is 16.7 Å². The highest BCUT2D eigenvalue weighted by atomic mass is 32.2. The van der Waals surface area contributed by atoms with Crippen molar-refractivity contribution in [3.8, 4) is 0 Å². The number of anilines is 1. The lowest BCUT2D eigenvalue weighted by Crippen LogP contribution is -1.97. The van der Waals surface area contributed by atoms with Crippen molar-refractivity contribution in [2.24, 2.45) is 0 Å². The van der Waals surface area contributed by atoms with Crippen LogP contribution in [0.3, 0.4) is 0 Å². The van der Waals surface area contributed by atoms with E-state index in [0.717, 1.165) is 16.6 Å². The Morgan fingerprint density at radius 2 is 1.78 bits per heavy atom. The Morgan fingerprint density at radius 1 is 1.11 bits per heavy atom. The molecule has 2 N–H and O–H groups in total. The smallest absolute Gasteiger partial charge is 0.190 e. The molecule has 0 unspecified atom stereocenters. The zero-order valence-corrected chi connectivity index (χ0v) is 11.7. The molecular formula is C14H17N3S. The van der Waals surface area contributed by atoms with Gasteiger partial charge in [-0.1, -0.05) is 30.0 Å². The number of nitrogen functional groups attached to an aromatic ring is 1. The number of rotatable bonds is 3. The first-order chi connectivity index (χ1) is 8.56. The molecule has 0 bridgehead atoms. The predicted molar refractivity (Wildman–Crippen MR) is 76.7 cm³/mol. The van der Waals surface area contributed by atoms with Crippen LogP contribution >= 0.6 is 11.8 Å². The average Bonchev–Trinajstić information content (AvgIpc) is 2.27. The van der Waals surface area contributed by atoms with E-state index in [4.69, 9.17) is 5.73 Å². The topological polar surface area (TPSA) is 51.8 Å². The Labute approximate surface area is 112 Å². The molecule has 3 nitrogen and oxygen atoms in total. The van der Waals surface area contributed by atoms with E-state index in [-0.39, 0.29) is 0 Å². The van der Waals surface area contributed by atoms with E-state index in [9.17, 15) is 0 Å². The lowest BCUT2D eigenvalue weighted by Gasteiger charge is -2.09. The lowest BCUT2D eigenvalue weighted by atomic mass is 10.1. The van der Waals surface area contributed by atoms with Crippen molar-refractivity contribution in [3.63, 3.8) is 0 Å². The molecule has 2 aromatic rings. The molecule has 0 saturated heterocycles. The van der Waals surface area contributed by atoms with Crippen molar-refractivity contribution in [1.82, 2.24) is 9.97 Å². The van der Waals surface area contributed by atoms with Crippen LogP contribution in [0.1, 0.15) is 22.4 Å². The number of nitrogens with zero attached hydrogens (tertiary/aromatic N) is 2. The summed E-state index contributed by atoms with van der Waals surface area (Å²) in [4.78, 5) is 8.62. The lowest BCUT2D eigenvalue weighted by molar-refractivity contribution is 0.939. The molecule has 94 valence electrons. The molecule has 0 amide bonds. The molecular weight excluding hydrogens is 242 g/mol. The Kier molecular flexibility index (Phi) is 3.87. The summed E-state index contributed by atoms with van der Waals surface area (Å²) >= 11 is 1.63. The third-order valence-corrected chi connectivity index (χ3v) is 3.72. The molecule has 18 heavy (non-hydrogen) atoms. The Morgan fingerprint density at radius 3 is 2.39 bits per heavy atom. The normalized spacial score (nSPS) is 10.6. The number of hydrogen-bond donors (Lipinski definition) is 1.